The Morgan fingerprint density at radius 2 is 2.16 bits per heavy atom. The fourth-order valence-corrected chi connectivity index (χ4v) is 2.48. The molecule has 0 heterocycles. The number of unbranched alkanes of at least 4 members (excludes halogenated alkanes) is 1. The Morgan fingerprint density at radius 1 is 1.32 bits per heavy atom. The summed E-state index contributed by atoms with van der Waals surface area (Å²) in [5, 5.41) is 2.87. The lowest BCUT2D eigenvalue weighted by Crippen LogP contribution is -2.29. The minimum atomic E-state index is -0.0261. The molecule has 0 aromatic heterocycles. The fraction of sp³-hybridized carbons (Fsp3) is 0.562. The van der Waals surface area contributed by atoms with Crippen molar-refractivity contribution in [3.63, 3.8) is 0 Å². The van der Waals surface area contributed by atoms with Gasteiger partial charge in [-0.1, -0.05) is 25.5 Å². The molecule has 1 amide bonds. The smallest absolute Gasteiger partial charge is 0.257 e. The highest BCUT2D eigenvalue weighted by Crippen LogP contribution is 2.29. The van der Waals surface area contributed by atoms with E-state index in [1.165, 1.54) is 24.0 Å². The second kappa shape index (κ2) is 7.17. The van der Waals surface area contributed by atoms with E-state index in [1.807, 2.05) is 12.1 Å². The van der Waals surface area contributed by atoms with Crippen LogP contribution >= 0.6 is 0 Å². The van der Waals surface area contributed by atoms with Crippen molar-refractivity contribution >= 4 is 5.91 Å². The van der Waals surface area contributed by atoms with Gasteiger partial charge in [-0.15, -0.1) is 0 Å². The normalized spacial score (nSPS) is 13.7. The second-order valence-corrected chi connectivity index (χ2v) is 5.09. The molecule has 1 N–H and O–H groups in total. The average molecular weight is 261 g/mol. The monoisotopic (exact) mass is 261 g/mol. The molecule has 3 nitrogen and oxygen atoms in total. The molecule has 0 fully saturated rings. The molecule has 19 heavy (non-hydrogen) atoms. The standard InChI is InChI=1S/C16H23NO2/c1-2-3-11-17-16(18)12-19-15-10-6-8-13-7-4-5-9-14(13)15/h6,8,10H,2-5,7,9,11-12H2,1H3,(H,17,18). The highest BCUT2D eigenvalue weighted by Gasteiger charge is 2.14. The molecule has 3 heteroatoms. The van der Waals surface area contributed by atoms with Gasteiger partial charge in [0, 0.05) is 6.54 Å². The van der Waals surface area contributed by atoms with E-state index in [0.29, 0.717) is 0 Å². The second-order valence-electron chi connectivity index (χ2n) is 5.09. The SMILES string of the molecule is CCCCNC(=O)COc1cccc2c1CCCC2. The Bertz CT molecular complexity index is 429. The van der Waals surface area contributed by atoms with Gasteiger partial charge in [0.05, 0.1) is 0 Å². The Hall–Kier alpha value is -1.51. The molecule has 2 rings (SSSR count). The number of hydrogen-bond acceptors (Lipinski definition) is 2. The number of ether oxygens (including phenoxy) is 1. The van der Waals surface area contributed by atoms with Crippen LogP contribution < -0.4 is 10.1 Å². The van der Waals surface area contributed by atoms with Gasteiger partial charge in [0.25, 0.3) is 5.91 Å². The van der Waals surface area contributed by atoms with Crippen LogP contribution in [-0.2, 0) is 17.6 Å². The van der Waals surface area contributed by atoms with E-state index in [9.17, 15) is 4.79 Å². The summed E-state index contributed by atoms with van der Waals surface area (Å²) in [5.41, 5.74) is 2.69. The molecule has 0 radical (unpaired) electrons. The van der Waals surface area contributed by atoms with Crippen LogP contribution in [0.2, 0.25) is 0 Å². The maximum Gasteiger partial charge on any atom is 0.257 e. The van der Waals surface area contributed by atoms with E-state index in [0.717, 1.165) is 38.0 Å². The largest absolute Gasteiger partial charge is 0.483 e. The molecule has 0 unspecified atom stereocenters. The van der Waals surface area contributed by atoms with E-state index in [-0.39, 0.29) is 12.5 Å². The molecule has 0 saturated carbocycles. The molecule has 0 saturated heterocycles. The van der Waals surface area contributed by atoms with E-state index in [1.54, 1.807) is 0 Å². The molecule has 0 aliphatic heterocycles. The lowest BCUT2D eigenvalue weighted by molar-refractivity contribution is -0.123. The zero-order chi connectivity index (χ0) is 13.5. The number of carbonyl (C=O) groups excluding carboxylic acids is 1. The number of benzene rings is 1. The van der Waals surface area contributed by atoms with Gasteiger partial charge in [-0.25, -0.2) is 0 Å². The van der Waals surface area contributed by atoms with Crippen LogP contribution in [0.4, 0.5) is 0 Å². The number of nitrogens with one attached hydrogen (secondary N) is 1. The molecule has 1 aliphatic carbocycles. The summed E-state index contributed by atoms with van der Waals surface area (Å²) in [4.78, 5) is 11.6. The fourth-order valence-electron chi connectivity index (χ4n) is 2.48. The van der Waals surface area contributed by atoms with Crippen LogP contribution in [0, 0.1) is 0 Å². The van der Waals surface area contributed by atoms with Crippen LogP contribution in [0.3, 0.4) is 0 Å². The molecule has 1 aliphatic rings. The number of rotatable bonds is 6. The summed E-state index contributed by atoms with van der Waals surface area (Å²) in [6, 6.07) is 6.17. The number of fused-ring (bicyclic) bond motifs is 1. The zero-order valence-electron chi connectivity index (χ0n) is 11.7. The molecule has 0 atom stereocenters. The summed E-state index contributed by atoms with van der Waals surface area (Å²) >= 11 is 0. The molecule has 1 aromatic rings. The third kappa shape index (κ3) is 3.98. The number of amides is 1. The summed E-state index contributed by atoms with van der Waals surface area (Å²) < 4.78 is 5.68. The van der Waals surface area contributed by atoms with Crippen molar-refractivity contribution in [1.29, 1.82) is 0 Å². The van der Waals surface area contributed by atoms with Gasteiger partial charge in [0.15, 0.2) is 6.61 Å². The first-order valence-corrected chi connectivity index (χ1v) is 7.31. The third-order valence-electron chi connectivity index (χ3n) is 3.56. The van der Waals surface area contributed by atoms with E-state index < -0.39 is 0 Å². The van der Waals surface area contributed by atoms with Gasteiger partial charge in [-0.05, 0) is 49.3 Å². The van der Waals surface area contributed by atoms with Gasteiger partial charge in [-0.3, -0.25) is 4.79 Å². The van der Waals surface area contributed by atoms with Crippen molar-refractivity contribution < 1.29 is 9.53 Å². The first kappa shape index (κ1) is 13.9. The zero-order valence-corrected chi connectivity index (χ0v) is 11.7. The Labute approximate surface area is 115 Å². The highest BCUT2D eigenvalue weighted by molar-refractivity contribution is 5.77. The average Bonchev–Trinajstić information content (AvgIpc) is 2.45. The summed E-state index contributed by atoms with van der Waals surface area (Å²) in [5.74, 6) is 0.865. The number of hydrogen-bond donors (Lipinski definition) is 1. The third-order valence-corrected chi connectivity index (χ3v) is 3.56. The molecule has 1 aromatic carbocycles. The van der Waals surface area contributed by atoms with Crippen molar-refractivity contribution in [2.75, 3.05) is 13.2 Å². The maximum absolute atomic E-state index is 11.6. The highest BCUT2D eigenvalue weighted by atomic mass is 16.5. The van der Waals surface area contributed by atoms with Crippen molar-refractivity contribution in [3.8, 4) is 5.75 Å². The lowest BCUT2D eigenvalue weighted by Gasteiger charge is -2.19. The molecule has 0 bridgehead atoms. The van der Waals surface area contributed by atoms with Gasteiger partial charge in [0.1, 0.15) is 5.75 Å². The predicted molar refractivity (Wildman–Crippen MR) is 76.5 cm³/mol. The summed E-state index contributed by atoms with van der Waals surface area (Å²) in [6.45, 7) is 2.98. The van der Waals surface area contributed by atoms with Crippen molar-refractivity contribution in [2.45, 2.75) is 45.4 Å². The van der Waals surface area contributed by atoms with Gasteiger partial charge < -0.3 is 10.1 Å². The van der Waals surface area contributed by atoms with Crippen LogP contribution in [0.25, 0.3) is 0 Å². The van der Waals surface area contributed by atoms with Crippen LogP contribution in [0.1, 0.15) is 43.7 Å². The molecular formula is C16H23NO2. The van der Waals surface area contributed by atoms with Crippen molar-refractivity contribution in [2.24, 2.45) is 0 Å². The van der Waals surface area contributed by atoms with Gasteiger partial charge in [-0.2, -0.15) is 0 Å². The van der Waals surface area contributed by atoms with Crippen LogP contribution in [-0.4, -0.2) is 19.1 Å². The summed E-state index contributed by atoms with van der Waals surface area (Å²) in [7, 11) is 0. The van der Waals surface area contributed by atoms with E-state index in [2.05, 4.69) is 18.3 Å². The first-order valence-electron chi connectivity index (χ1n) is 7.31. The summed E-state index contributed by atoms with van der Waals surface area (Å²) in [6.07, 6.45) is 6.79. The Morgan fingerprint density at radius 3 is 3.00 bits per heavy atom. The van der Waals surface area contributed by atoms with Gasteiger partial charge in [0.2, 0.25) is 0 Å². The van der Waals surface area contributed by atoms with Crippen molar-refractivity contribution in [1.82, 2.24) is 5.32 Å². The molecule has 0 spiro atoms. The van der Waals surface area contributed by atoms with E-state index >= 15 is 0 Å². The number of aryl methyl sites for hydroxylation is 1. The lowest BCUT2D eigenvalue weighted by atomic mass is 9.91. The molecule has 104 valence electrons. The predicted octanol–water partition coefficient (Wildman–Crippen LogP) is 2.86. The van der Waals surface area contributed by atoms with Crippen molar-refractivity contribution in [3.05, 3.63) is 29.3 Å². The quantitative estimate of drug-likeness (QED) is 0.800. The topological polar surface area (TPSA) is 38.3 Å². The maximum atomic E-state index is 11.6. The van der Waals surface area contributed by atoms with Crippen LogP contribution in [0.15, 0.2) is 18.2 Å². The number of carbonyl (C=O) groups is 1. The minimum absolute atomic E-state index is 0.0261. The Kier molecular flexibility index (Phi) is 5.25. The minimum Gasteiger partial charge on any atom is -0.483 e. The Balaban J connectivity index is 1.87. The van der Waals surface area contributed by atoms with Crippen LogP contribution in [0.5, 0.6) is 5.75 Å². The first-order chi connectivity index (χ1) is 9.31. The molecular weight excluding hydrogens is 238 g/mol. The van der Waals surface area contributed by atoms with Gasteiger partial charge >= 0.3 is 0 Å². The van der Waals surface area contributed by atoms with E-state index in [4.69, 9.17) is 4.74 Å².